The fraction of sp³-hybridized carbons (Fsp3) is 0.200. The zero-order chi connectivity index (χ0) is 17.2. The van der Waals surface area contributed by atoms with Crippen molar-refractivity contribution in [2.45, 2.75) is 30.8 Å². The first-order chi connectivity index (χ1) is 11.5. The lowest BCUT2D eigenvalue weighted by Gasteiger charge is -2.23. The maximum atomic E-state index is 12.7. The van der Waals surface area contributed by atoms with Crippen molar-refractivity contribution >= 4 is 15.9 Å². The van der Waals surface area contributed by atoms with Crippen LogP contribution >= 0.6 is 0 Å². The van der Waals surface area contributed by atoms with Gasteiger partial charge >= 0.3 is 0 Å². The summed E-state index contributed by atoms with van der Waals surface area (Å²) < 4.78 is 31.4. The number of ether oxygens (including phenoxy) is 1. The molecule has 0 aliphatic carbocycles. The van der Waals surface area contributed by atoms with E-state index in [-0.39, 0.29) is 22.3 Å². The Balaban J connectivity index is 1.90. The van der Waals surface area contributed by atoms with Gasteiger partial charge in [-0.2, -0.15) is 0 Å². The second-order valence-electron chi connectivity index (χ2n) is 5.79. The lowest BCUT2D eigenvalue weighted by Crippen LogP contribution is -2.17. The van der Waals surface area contributed by atoms with Gasteiger partial charge in [0.05, 0.1) is 4.90 Å². The van der Waals surface area contributed by atoms with Crippen LogP contribution in [0.2, 0.25) is 0 Å². The third kappa shape index (κ3) is 3.15. The predicted molar refractivity (Wildman–Crippen MR) is 96.7 cm³/mol. The number of sulfone groups is 1. The molecule has 0 spiro atoms. The summed E-state index contributed by atoms with van der Waals surface area (Å²) in [6.45, 7) is 5.88. The van der Waals surface area contributed by atoms with Gasteiger partial charge in [0.2, 0.25) is 9.84 Å². The van der Waals surface area contributed by atoms with Gasteiger partial charge in [0, 0.05) is 16.9 Å². The van der Waals surface area contributed by atoms with Crippen molar-refractivity contribution in [2.24, 2.45) is 0 Å². The van der Waals surface area contributed by atoms with E-state index < -0.39 is 9.84 Å². The van der Waals surface area contributed by atoms with Crippen molar-refractivity contribution in [3.05, 3.63) is 77.2 Å². The van der Waals surface area contributed by atoms with E-state index in [0.717, 1.165) is 23.3 Å². The van der Waals surface area contributed by atoms with E-state index >= 15 is 0 Å². The van der Waals surface area contributed by atoms with E-state index in [1.165, 1.54) is 0 Å². The molecule has 124 valence electrons. The molecule has 1 atom stereocenters. The molecule has 0 aromatic heterocycles. The van der Waals surface area contributed by atoms with Crippen LogP contribution < -0.4 is 4.74 Å². The normalized spacial score (nSPS) is 16.3. The highest BCUT2D eigenvalue weighted by molar-refractivity contribution is 7.95. The van der Waals surface area contributed by atoms with Gasteiger partial charge in [-0.1, -0.05) is 56.0 Å². The van der Waals surface area contributed by atoms with Gasteiger partial charge in [-0.25, -0.2) is 8.42 Å². The molecule has 3 rings (SSSR count). The standard InChI is InChI=1S/C20H20O3S/c1-3-18-13-12-16-8-7-9-17(20(16)23-18)14-15(2)24(21,22)19-10-5-4-6-11-19/h4-13,18H,2-3,14H2,1H3. The Morgan fingerprint density at radius 2 is 1.88 bits per heavy atom. The zero-order valence-electron chi connectivity index (χ0n) is 13.6. The van der Waals surface area contributed by atoms with Gasteiger partial charge in [0.25, 0.3) is 0 Å². The minimum absolute atomic E-state index is 0.0256. The van der Waals surface area contributed by atoms with Crippen LogP contribution in [0.1, 0.15) is 24.5 Å². The first-order valence-corrected chi connectivity index (χ1v) is 9.45. The van der Waals surface area contributed by atoms with E-state index in [2.05, 4.69) is 13.5 Å². The second-order valence-corrected chi connectivity index (χ2v) is 7.85. The van der Waals surface area contributed by atoms with Crippen molar-refractivity contribution in [2.75, 3.05) is 0 Å². The van der Waals surface area contributed by atoms with Gasteiger partial charge < -0.3 is 4.74 Å². The molecule has 2 aromatic rings. The topological polar surface area (TPSA) is 43.4 Å². The monoisotopic (exact) mass is 340 g/mol. The number of benzene rings is 2. The van der Waals surface area contributed by atoms with Gasteiger partial charge in [-0.05, 0) is 30.2 Å². The quantitative estimate of drug-likeness (QED) is 0.810. The highest BCUT2D eigenvalue weighted by Gasteiger charge is 2.22. The minimum atomic E-state index is -3.55. The molecule has 1 heterocycles. The summed E-state index contributed by atoms with van der Waals surface area (Å²) in [6, 6.07) is 14.2. The third-order valence-electron chi connectivity index (χ3n) is 4.11. The lowest BCUT2D eigenvalue weighted by atomic mass is 10.0. The molecule has 0 N–H and O–H groups in total. The van der Waals surface area contributed by atoms with E-state index in [1.54, 1.807) is 30.3 Å². The summed E-state index contributed by atoms with van der Waals surface area (Å²) in [4.78, 5) is 0.445. The van der Waals surface area contributed by atoms with Crippen molar-refractivity contribution < 1.29 is 13.2 Å². The first kappa shape index (κ1) is 16.5. The molecule has 0 bridgehead atoms. The highest BCUT2D eigenvalue weighted by Crippen LogP contribution is 2.33. The van der Waals surface area contributed by atoms with Crippen LogP contribution in [-0.2, 0) is 16.3 Å². The average molecular weight is 340 g/mol. The number of fused-ring (bicyclic) bond motifs is 1. The minimum Gasteiger partial charge on any atom is -0.485 e. The summed E-state index contributed by atoms with van der Waals surface area (Å²) in [5, 5.41) is 0. The molecule has 1 unspecified atom stereocenters. The Kier molecular flexibility index (Phi) is 4.58. The summed E-state index contributed by atoms with van der Waals surface area (Å²) >= 11 is 0. The summed E-state index contributed by atoms with van der Waals surface area (Å²) in [7, 11) is -3.55. The number of hydrogen-bond donors (Lipinski definition) is 0. The van der Waals surface area contributed by atoms with Gasteiger partial charge in [-0.15, -0.1) is 0 Å². The third-order valence-corrected chi connectivity index (χ3v) is 5.91. The number of hydrogen-bond acceptors (Lipinski definition) is 3. The van der Waals surface area contributed by atoms with Crippen molar-refractivity contribution in [1.29, 1.82) is 0 Å². The molecule has 0 radical (unpaired) electrons. The van der Waals surface area contributed by atoms with Crippen molar-refractivity contribution in [3.63, 3.8) is 0 Å². The van der Waals surface area contributed by atoms with Gasteiger partial charge in [-0.3, -0.25) is 0 Å². The van der Waals surface area contributed by atoms with Crippen LogP contribution in [0.5, 0.6) is 5.75 Å². The van der Waals surface area contributed by atoms with E-state index in [4.69, 9.17) is 4.74 Å². The second kappa shape index (κ2) is 6.65. The number of para-hydroxylation sites is 1. The Hall–Kier alpha value is -2.33. The van der Waals surface area contributed by atoms with Gasteiger partial charge in [0.15, 0.2) is 0 Å². The molecular weight excluding hydrogens is 320 g/mol. The van der Waals surface area contributed by atoms with Crippen molar-refractivity contribution in [1.82, 2.24) is 0 Å². The van der Waals surface area contributed by atoms with E-state index in [0.29, 0.717) is 0 Å². The van der Waals surface area contributed by atoms with Crippen molar-refractivity contribution in [3.8, 4) is 5.75 Å². The fourth-order valence-corrected chi connectivity index (χ4v) is 3.91. The van der Waals surface area contributed by atoms with Crippen LogP contribution in [0.3, 0.4) is 0 Å². The summed E-state index contributed by atoms with van der Waals surface area (Å²) in [5.74, 6) is 0.760. The predicted octanol–water partition coefficient (Wildman–Crippen LogP) is 4.40. The summed E-state index contributed by atoms with van der Waals surface area (Å²) in [6.07, 6.45) is 5.20. The Morgan fingerprint density at radius 1 is 1.12 bits per heavy atom. The van der Waals surface area contributed by atoms with Crippen LogP contribution in [0.4, 0.5) is 0 Å². The molecule has 3 nitrogen and oxygen atoms in total. The van der Waals surface area contributed by atoms with Crippen LogP contribution in [0.15, 0.2) is 71.0 Å². The molecule has 0 saturated heterocycles. The summed E-state index contributed by atoms with van der Waals surface area (Å²) in [5.41, 5.74) is 1.82. The largest absolute Gasteiger partial charge is 0.485 e. The van der Waals surface area contributed by atoms with Crippen LogP contribution in [-0.4, -0.2) is 14.5 Å². The molecular formula is C20H20O3S. The molecule has 0 saturated carbocycles. The SMILES string of the molecule is C=C(Cc1cccc2c1OC(CC)C=C2)S(=O)(=O)c1ccccc1. The lowest BCUT2D eigenvalue weighted by molar-refractivity contribution is 0.239. The Morgan fingerprint density at radius 3 is 2.58 bits per heavy atom. The van der Waals surface area contributed by atoms with E-state index in [1.807, 2.05) is 30.4 Å². The van der Waals surface area contributed by atoms with Crippen LogP contribution in [0, 0.1) is 0 Å². The number of rotatable bonds is 5. The Labute approximate surface area is 143 Å². The molecule has 0 amide bonds. The fourth-order valence-electron chi connectivity index (χ4n) is 2.71. The van der Waals surface area contributed by atoms with E-state index in [9.17, 15) is 8.42 Å². The van der Waals surface area contributed by atoms with Crippen LogP contribution in [0.25, 0.3) is 6.08 Å². The highest BCUT2D eigenvalue weighted by atomic mass is 32.2. The Bertz CT molecular complexity index is 880. The zero-order valence-corrected chi connectivity index (χ0v) is 14.4. The number of allylic oxidation sites excluding steroid dienone is 1. The molecule has 4 heteroatoms. The van der Waals surface area contributed by atoms with Gasteiger partial charge in [0.1, 0.15) is 11.9 Å². The maximum Gasteiger partial charge on any atom is 0.202 e. The first-order valence-electron chi connectivity index (χ1n) is 7.97. The smallest absolute Gasteiger partial charge is 0.202 e. The molecule has 2 aromatic carbocycles. The maximum absolute atomic E-state index is 12.7. The molecule has 1 aliphatic heterocycles. The average Bonchev–Trinajstić information content (AvgIpc) is 2.62. The molecule has 24 heavy (non-hydrogen) atoms. The molecule has 0 fully saturated rings. The molecule has 1 aliphatic rings.